The van der Waals surface area contributed by atoms with Gasteiger partial charge in [-0.2, -0.15) is 0 Å². The quantitative estimate of drug-likeness (QED) is 0.569. The Morgan fingerprint density at radius 1 is 1.10 bits per heavy atom. The van der Waals surface area contributed by atoms with Gasteiger partial charge < -0.3 is 4.74 Å². The summed E-state index contributed by atoms with van der Waals surface area (Å²) >= 11 is 0. The summed E-state index contributed by atoms with van der Waals surface area (Å²) in [5.74, 6) is 0.852. The molecule has 0 aliphatic heterocycles. The summed E-state index contributed by atoms with van der Waals surface area (Å²) in [4.78, 5) is 10.5. The second-order valence-corrected chi connectivity index (χ2v) is 5.59. The molecule has 2 aromatic rings. The van der Waals surface area contributed by atoms with Crippen LogP contribution in [-0.4, -0.2) is 4.92 Å². The van der Waals surface area contributed by atoms with Crippen molar-refractivity contribution in [3.8, 4) is 11.5 Å². The lowest BCUT2D eigenvalue weighted by Gasteiger charge is -2.23. The zero-order valence-electron chi connectivity index (χ0n) is 12.5. The molecule has 0 aliphatic rings. The molecule has 0 unspecified atom stereocenters. The molecule has 0 saturated heterocycles. The maximum atomic E-state index is 11.0. The van der Waals surface area contributed by atoms with E-state index in [0.717, 1.165) is 6.42 Å². The lowest BCUT2D eigenvalue weighted by atomic mass is 9.82. The van der Waals surface area contributed by atoms with E-state index >= 15 is 0 Å². The fourth-order valence-electron chi connectivity index (χ4n) is 2.00. The summed E-state index contributed by atoms with van der Waals surface area (Å²) in [5.41, 5.74) is 1.30. The third-order valence-electron chi connectivity index (χ3n) is 3.81. The first kappa shape index (κ1) is 15.0. The second-order valence-electron chi connectivity index (χ2n) is 5.59. The molecule has 0 bridgehead atoms. The van der Waals surface area contributed by atoms with E-state index in [4.69, 9.17) is 4.74 Å². The Bertz CT molecular complexity index is 633. The van der Waals surface area contributed by atoms with E-state index in [9.17, 15) is 10.1 Å². The number of nitrogens with zero attached hydrogens (tertiary/aromatic N) is 1. The van der Waals surface area contributed by atoms with Crippen molar-refractivity contribution in [2.45, 2.75) is 32.6 Å². The van der Waals surface area contributed by atoms with Gasteiger partial charge in [0, 0.05) is 6.07 Å². The van der Waals surface area contributed by atoms with Gasteiger partial charge in [0.05, 0.1) is 4.92 Å². The van der Waals surface area contributed by atoms with Crippen molar-refractivity contribution in [1.29, 1.82) is 0 Å². The molecule has 0 N–H and O–H groups in total. The van der Waals surface area contributed by atoms with Gasteiger partial charge in [0.25, 0.3) is 0 Å². The molecule has 0 aliphatic carbocycles. The first-order chi connectivity index (χ1) is 9.94. The monoisotopic (exact) mass is 285 g/mol. The number of hydrogen-bond donors (Lipinski definition) is 0. The third-order valence-corrected chi connectivity index (χ3v) is 3.81. The fraction of sp³-hybridized carbons (Fsp3) is 0.294. The number of nitro benzene ring substituents is 1. The fourth-order valence-corrected chi connectivity index (χ4v) is 2.00. The number of hydrogen-bond acceptors (Lipinski definition) is 3. The topological polar surface area (TPSA) is 52.4 Å². The van der Waals surface area contributed by atoms with Gasteiger partial charge in [-0.3, -0.25) is 10.1 Å². The zero-order chi connectivity index (χ0) is 15.5. The van der Waals surface area contributed by atoms with E-state index < -0.39 is 4.92 Å². The molecule has 4 heteroatoms. The number of benzene rings is 2. The highest BCUT2D eigenvalue weighted by molar-refractivity contribution is 5.48. The Balaban J connectivity index is 2.24. The first-order valence-corrected chi connectivity index (χ1v) is 6.96. The van der Waals surface area contributed by atoms with Crippen LogP contribution in [0.15, 0.2) is 48.5 Å². The summed E-state index contributed by atoms with van der Waals surface area (Å²) in [6.07, 6.45) is 1.04. The Hall–Kier alpha value is -2.36. The molecule has 4 nitrogen and oxygen atoms in total. The van der Waals surface area contributed by atoms with Crippen LogP contribution in [0.5, 0.6) is 11.5 Å². The van der Waals surface area contributed by atoms with E-state index in [1.165, 1.54) is 11.6 Å². The van der Waals surface area contributed by atoms with E-state index in [-0.39, 0.29) is 16.9 Å². The molecule has 0 saturated carbocycles. The van der Waals surface area contributed by atoms with Gasteiger partial charge in [0.1, 0.15) is 5.75 Å². The van der Waals surface area contributed by atoms with E-state index in [1.54, 1.807) is 18.2 Å². The summed E-state index contributed by atoms with van der Waals surface area (Å²) in [7, 11) is 0. The highest BCUT2D eigenvalue weighted by atomic mass is 16.6. The van der Waals surface area contributed by atoms with Crippen molar-refractivity contribution in [1.82, 2.24) is 0 Å². The molecule has 21 heavy (non-hydrogen) atoms. The molecule has 2 rings (SSSR count). The Kier molecular flexibility index (Phi) is 4.26. The molecular formula is C17H19NO3. The highest BCUT2D eigenvalue weighted by Gasteiger charge is 2.18. The van der Waals surface area contributed by atoms with Crippen LogP contribution in [0.25, 0.3) is 0 Å². The lowest BCUT2D eigenvalue weighted by molar-refractivity contribution is -0.385. The van der Waals surface area contributed by atoms with Crippen LogP contribution in [-0.2, 0) is 5.41 Å². The number of para-hydroxylation sites is 2. The van der Waals surface area contributed by atoms with Crippen molar-refractivity contribution in [3.05, 3.63) is 64.2 Å². The summed E-state index contributed by atoms with van der Waals surface area (Å²) in [6, 6.07) is 14.1. The van der Waals surface area contributed by atoms with Crippen molar-refractivity contribution in [3.63, 3.8) is 0 Å². The van der Waals surface area contributed by atoms with Crippen LogP contribution >= 0.6 is 0 Å². The van der Waals surface area contributed by atoms with E-state index in [0.29, 0.717) is 5.75 Å². The zero-order valence-corrected chi connectivity index (χ0v) is 12.5. The second kappa shape index (κ2) is 5.95. The third kappa shape index (κ3) is 3.40. The number of ether oxygens (including phenoxy) is 1. The first-order valence-electron chi connectivity index (χ1n) is 6.96. The van der Waals surface area contributed by atoms with Gasteiger partial charge in [0.2, 0.25) is 5.75 Å². The molecule has 0 atom stereocenters. The van der Waals surface area contributed by atoms with Crippen LogP contribution in [0.4, 0.5) is 5.69 Å². The molecule has 0 aromatic heterocycles. The van der Waals surface area contributed by atoms with Crippen LogP contribution in [0.2, 0.25) is 0 Å². The highest BCUT2D eigenvalue weighted by Crippen LogP contribution is 2.33. The van der Waals surface area contributed by atoms with E-state index in [2.05, 4.69) is 20.8 Å². The lowest BCUT2D eigenvalue weighted by Crippen LogP contribution is -2.14. The average molecular weight is 285 g/mol. The SMILES string of the molecule is CCC(C)(C)c1ccc(Oc2ccccc2[N+](=O)[O-])cc1. The van der Waals surface area contributed by atoms with Gasteiger partial charge in [-0.25, -0.2) is 0 Å². The maximum Gasteiger partial charge on any atom is 0.311 e. The van der Waals surface area contributed by atoms with Crippen molar-refractivity contribution >= 4 is 5.69 Å². The van der Waals surface area contributed by atoms with Crippen LogP contribution in [0.3, 0.4) is 0 Å². The minimum Gasteiger partial charge on any atom is -0.450 e. The molecule has 0 fully saturated rings. The molecule has 0 radical (unpaired) electrons. The normalized spacial score (nSPS) is 11.2. The number of nitro groups is 1. The van der Waals surface area contributed by atoms with Gasteiger partial charge in [-0.15, -0.1) is 0 Å². The van der Waals surface area contributed by atoms with Crippen molar-refractivity contribution in [2.24, 2.45) is 0 Å². The summed E-state index contributed by atoms with van der Waals surface area (Å²) in [5, 5.41) is 11.0. The van der Waals surface area contributed by atoms with Gasteiger partial charge in [-0.1, -0.05) is 45.0 Å². The van der Waals surface area contributed by atoms with Crippen LogP contribution in [0, 0.1) is 10.1 Å². The molecule has 110 valence electrons. The predicted octanol–water partition coefficient (Wildman–Crippen LogP) is 5.07. The molecular weight excluding hydrogens is 266 g/mol. The number of rotatable bonds is 5. The molecule has 2 aromatic carbocycles. The van der Waals surface area contributed by atoms with Crippen LogP contribution in [0.1, 0.15) is 32.8 Å². The van der Waals surface area contributed by atoms with Gasteiger partial charge >= 0.3 is 5.69 Å². The minimum atomic E-state index is -0.441. The Morgan fingerprint density at radius 2 is 1.71 bits per heavy atom. The minimum absolute atomic E-state index is 0.0320. The van der Waals surface area contributed by atoms with Gasteiger partial charge in [0.15, 0.2) is 0 Å². The molecule has 0 spiro atoms. The summed E-state index contributed by atoms with van der Waals surface area (Å²) in [6.45, 7) is 6.52. The van der Waals surface area contributed by atoms with E-state index in [1.807, 2.05) is 24.3 Å². The maximum absolute atomic E-state index is 11.0. The Labute approximate surface area is 124 Å². The molecule has 0 amide bonds. The van der Waals surface area contributed by atoms with Crippen molar-refractivity contribution < 1.29 is 9.66 Å². The standard InChI is InChI=1S/C17H19NO3/c1-4-17(2,3)13-9-11-14(12-10-13)21-16-8-6-5-7-15(16)18(19)20/h5-12H,4H2,1-3H3. The Morgan fingerprint density at radius 3 is 2.29 bits per heavy atom. The smallest absolute Gasteiger partial charge is 0.311 e. The molecule has 0 heterocycles. The predicted molar refractivity (Wildman–Crippen MR) is 82.9 cm³/mol. The summed E-state index contributed by atoms with van der Waals surface area (Å²) < 4.78 is 5.63. The largest absolute Gasteiger partial charge is 0.450 e. The van der Waals surface area contributed by atoms with Crippen molar-refractivity contribution in [2.75, 3.05) is 0 Å². The average Bonchev–Trinajstić information content (AvgIpc) is 2.48. The van der Waals surface area contributed by atoms with Gasteiger partial charge in [-0.05, 0) is 35.6 Å². The van der Waals surface area contributed by atoms with Crippen LogP contribution < -0.4 is 4.74 Å².